The van der Waals surface area contributed by atoms with Gasteiger partial charge < -0.3 is 15.5 Å². The topological polar surface area (TPSA) is 44.4 Å². The lowest BCUT2D eigenvalue weighted by Gasteiger charge is -2.18. The molecule has 1 fully saturated rings. The molecule has 4 heteroatoms. The third-order valence-electron chi connectivity index (χ3n) is 5.23. The minimum absolute atomic E-state index is 0.0960. The summed E-state index contributed by atoms with van der Waals surface area (Å²) >= 11 is 0. The highest BCUT2D eigenvalue weighted by Gasteiger charge is 2.22. The van der Waals surface area contributed by atoms with Crippen LogP contribution in [0.4, 0.5) is 10.5 Å². The maximum atomic E-state index is 12.2. The fourth-order valence-electron chi connectivity index (χ4n) is 3.70. The highest BCUT2D eigenvalue weighted by molar-refractivity contribution is 5.83. The summed E-state index contributed by atoms with van der Waals surface area (Å²) in [6, 6.07) is 24.9. The van der Waals surface area contributed by atoms with Gasteiger partial charge in [0.15, 0.2) is 0 Å². The SMILES string of the molecule is O=C(NCc1ccc2ccccc2c1)NC[C@@H]1CCN(c2ccccc2)C1. The van der Waals surface area contributed by atoms with E-state index in [2.05, 4.69) is 70.1 Å². The quantitative estimate of drug-likeness (QED) is 0.718. The van der Waals surface area contributed by atoms with Gasteiger partial charge in [0.1, 0.15) is 0 Å². The van der Waals surface area contributed by atoms with Crippen LogP contribution in [-0.2, 0) is 6.54 Å². The molecule has 2 N–H and O–H groups in total. The number of hydrogen-bond acceptors (Lipinski definition) is 2. The fourth-order valence-corrected chi connectivity index (χ4v) is 3.70. The Morgan fingerprint density at radius 1 is 0.926 bits per heavy atom. The molecule has 138 valence electrons. The Labute approximate surface area is 160 Å². The van der Waals surface area contributed by atoms with Crippen molar-refractivity contribution >= 4 is 22.5 Å². The minimum atomic E-state index is -0.0960. The van der Waals surface area contributed by atoms with Gasteiger partial charge in [-0.1, -0.05) is 54.6 Å². The molecule has 3 aromatic carbocycles. The number of carbonyl (C=O) groups excluding carboxylic acids is 1. The lowest BCUT2D eigenvalue weighted by Crippen LogP contribution is -2.38. The van der Waals surface area contributed by atoms with Gasteiger partial charge >= 0.3 is 6.03 Å². The monoisotopic (exact) mass is 359 g/mol. The van der Waals surface area contributed by atoms with Gasteiger partial charge in [0.25, 0.3) is 0 Å². The molecule has 0 saturated carbocycles. The van der Waals surface area contributed by atoms with Crippen LogP contribution in [0.2, 0.25) is 0 Å². The van der Waals surface area contributed by atoms with Crippen LogP contribution in [0.1, 0.15) is 12.0 Å². The van der Waals surface area contributed by atoms with E-state index in [0.717, 1.165) is 25.1 Å². The van der Waals surface area contributed by atoms with Crippen LogP contribution >= 0.6 is 0 Å². The van der Waals surface area contributed by atoms with Crippen LogP contribution in [0.25, 0.3) is 10.8 Å². The number of fused-ring (bicyclic) bond motifs is 1. The summed E-state index contributed by atoms with van der Waals surface area (Å²) in [5.74, 6) is 0.497. The van der Waals surface area contributed by atoms with Gasteiger partial charge in [-0.3, -0.25) is 0 Å². The number of para-hydroxylation sites is 1. The van der Waals surface area contributed by atoms with Gasteiger partial charge in [-0.25, -0.2) is 4.79 Å². The third-order valence-corrected chi connectivity index (χ3v) is 5.23. The first kappa shape index (κ1) is 17.4. The number of nitrogens with zero attached hydrogens (tertiary/aromatic N) is 1. The van der Waals surface area contributed by atoms with Gasteiger partial charge in [0.2, 0.25) is 0 Å². The number of rotatable bonds is 5. The van der Waals surface area contributed by atoms with Gasteiger partial charge in [-0.15, -0.1) is 0 Å². The predicted octanol–water partition coefficient (Wildman–Crippen LogP) is 4.17. The van der Waals surface area contributed by atoms with E-state index in [1.807, 2.05) is 18.2 Å². The zero-order valence-electron chi connectivity index (χ0n) is 15.4. The second-order valence-electron chi connectivity index (χ2n) is 7.18. The van der Waals surface area contributed by atoms with Crippen molar-refractivity contribution < 1.29 is 4.79 Å². The molecule has 1 heterocycles. The Kier molecular flexibility index (Phi) is 5.24. The van der Waals surface area contributed by atoms with Crippen LogP contribution in [0, 0.1) is 5.92 Å². The van der Waals surface area contributed by atoms with E-state index >= 15 is 0 Å². The lowest BCUT2D eigenvalue weighted by atomic mass is 10.1. The molecule has 0 unspecified atom stereocenters. The molecule has 0 aromatic heterocycles. The number of urea groups is 1. The highest BCUT2D eigenvalue weighted by Crippen LogP contribution is 2.23. The summed E-state index contributed by atoms with van der Waals surface area (Å²) in [5.41, 5.74) is 2.38. The van der Waals surface area contributed by atoms with Crippen molar-refractivity contribution in [3.63, 3.8) is 0 Å². The molecule has 0 bridgehead atoms. The molecule has 4 rings (SSSR count). The van der Waals surface area contributed by atoms with Gasteiger partial charge in [-0.2, -0.15) is 0 Å². The minimum Gasteiger partial charge on any atom is -0.371 e. The molecule has 0 aliphatic carbocycles. The van der Waals surface area contributed by atoms with E-state index in [4.69, 9.17) is 0 Å². The number of benzene rings is 3. The van der Waals surface area contributed by atoms with Crippen molar-refractivity contribution in [1.29, 1.82) is 0 Å². The van der Waals surface area contributed by atoms with Gasteiger partial charge in [0, 0.05) is 31.9 Å². The molecular weight excluding hydrogens is 334 g/mol. The van der Waals surface area contributed by atoms with Crippen LogP contribution in [0.5, 0.6) is 0 Å². The first-order valence-electron chi connectivity index (χ1n) is 9.57. The number of nitrogens with one attached hydrogen (secondary N) is 2. The summed E-state index contributed by atoms with van der Waals surface area (Å²) in [7, 11) is 0. The molecule has 1 aliphatic heterocycles. The Balaban J connectivity index is 1.23. The van der Waals surface area contributed by atoms with Crippen LogP contribution < -0.4 is 15.5 Å². The van der Waals surface area contributed by atoms with E-state index in [1.54, 1.807) is 0 Å². The molecule has 1 atom stereocenters. The number of carbonyl (C=O) groups is 1. The summed E-state index contributed by atoms with van der Waals surface area (Å²) in [6.07, 6.45) is 1.11. The van der Waals surface area contributed by atoms with E-state index in [0.29, 0.717) is 19.0 Å². The Hall–Kier alpha value is -3.01. The van der Waals surface area contributed by atoms with Crippen LogP contribution in [0.15, 0.2) is 72.8 Å². The summed E-state index contributed by atoms with van der Waals surface area (Å²) in [4.78, 5) is 14.5. The smallest absolute Gasteiger partial charge is 0.315 e. The molecule has 3 aromatic rings. The Morgan fingerprint density at radius 3 is 2.56 bits per heavy atom. The molecular formula is C23H25N3O. The van der Waals surface area contributed by atoms with Crippen molar-refractivity contribution in [2.24, 2.45) is 5.92 Å². The van der Waals surface area contributed by atoms with Crippen molar-refractivity contribution in [2.75, 3.05) is 24.5 Å². The van der Waals surface area contributed by atoms with Crippen molar-refractivity contribution in [2.45, 2.75) is 13.0 Å². The van der Waals surface area contributed by atoms with E-state index in [9.17, 15) is 4.79 Å². The predicted molar refractivity (Wildman–Crippen MR) is 111 cm³/mol. The van der Waals surface area contributed by atoms with Crippen LogP contribution in [0.3, 0.4) is 0 Å². The second-order valence-corrected chi connectivity index (χ2v) is 7.18. The normalized spacial score (nSPS) is 16.4. The standard InChI is InChI=1S/C23H25N3O/c27-23(24-15-18-10-11-20-6-4-5-7-21(20)14-18)25-16-19-12-13-26(17-19)22-8-2-1-3-9-22/h1-11,14,19H,12-13,15-17H2,(H2,24,25,27)/t19-/m0/s1. The molecule has 2 amide bonds. The first-order chi connectivity index (χ1) is 13.3. The molecule has 0 radical (unpaired) electrons. The van der Waals surface area contributed by atoms with E-state index in [1.165, 1.54) is 16.5 Å². The molecule has 1 saturated heterocycles. The summed E-state index contributed by atoms with van der Waals surface area (Å²) < 4.78 is 0. The summed E-state index contributed by atoms with van der Waals surface area (Å²) in [6.45, 7) is 3.30. The van der Waals surface area contributed by atoms with Crippen molar-refractivity contribution in [1.82, 2.24) is 10.6 Å². The number of amides is 2. The van der Waals surface area contributed by atoms with Gasteiger partial charge in [0.05, 0.1) is 0 Å². The Bertz CT molecular complexity index is 910. The molecule has 1 aliphatic rings. The summed E-state index contributed by atoms with van der Waals surface area (Å²) in [5, 5.41) is 8.41. The van der Waals surface area contributed by atoms with E-state index < -0.39 is 0 Å². The molecule has 4 nitrogen and oxygen atoms in total. The lowest BCUT2D eigenvalue weighted by molar-refractivity contribution is 0.239. The van der Waals surface area contributed by atoms with Crippen LogP contribution in [-0.4, -0.2) is 25.7 Å². The average Bonchev–Trinajstić information content (AvgIpc) is 3.20. The third kappa shape index (κ3) is 4.40. The maximum absolute atomic E-state index is 12.2. The van der Waals surface area contributed by atoms with Crippen molar-refractivity contribution in [3.05, 3.63) is 78.4 Å². The van der Waals surface area contributed by atoms with Gasteiger partial charge in [-0.05, 0) is 46.9 Å². The first-order valence-corrected chi connectivity index (χ1v) is 9.57. The molecule has 0 spiro atoms. The highest BCUT2D eigenvalue weighted by atomic mass is 16.2. The number of hydrogen-bond donors (Lipinski definition) is 2. The average molecular weight is 359 g/mol. The fraction of sp³-hybridized carbons (Fsp3) is 0.261. The second kappa shape index (κ2) is 8.12. The van der Waals surface area contributed by atoms with Crippen molar-refractivity contribution in [3.8, 4) is 0 Å². The largest absolute Gasteiger partial charge is 0.371 e. The zero-order valence-corrected chi connectivity index (χ0v) is 15.4. The number of anilines is 1. The maximum Gasteiger partial charge on any atom is 0.315 e. The molecule has 27 heavy (non-hydrogen) atoms. The van der Waals surface area contributed by atoms with E-state index in [-0.39, 0.29) is 6.03 Å². The Morgan fingerprint density at radius 2 is 1.70 bits per heavy atom. The zero-order chi connectivity index (χ0) is 18.5.